The number of alkyl halides is 3. The number of phenolic OH excluding ortho intramolecular Hbond substituents is 1. The Morgan fingerprint density at radius 2 is 1.68 bits per heavy atom. The third-order valence-electron chi connectivity index (χ3n) is 6.86. The quantitative estimate of drug-likeness (QED) is 0.409. The maximum Gasteiger partial charge on any atom is 0.416 e. The fourth-order valence-electron chi connectivity index (χ4n) is 4.30. The molecule has 0 amide bonds. The molecule has 4 rings (SSSR count). The molecule has 0 bridgehead atoms. The van der Waals surface area contributed by atoms with Crippen molar-refractivity contribution >= 4 is 11.0 Å². The summed E-state index contributed by atoms with van der Waals surface area (Å²) in [5.41, 5.74) is 1.53. The monoisotopic (exact) mass is 475 g/mol. The van der Waals surface area contributed by atoms with E-state index in [-0.39, 0.29) is 34.3 Å². The molecule has 184 valence electrons. The molecule has 1 saturated heterocycles. The van der Waals surface area contributed by atoms with Crippen LogP contribution in [0.2, 0.25) is 0 Å². The van der Waals surface area contributed by atoms with E-state index >= 15 is 0 Å². The Bertz CT molecular complexity index is 1210. The van der Waals surface area contributed by atoms with E-state index in [1.165, 1.54) is 10.9 Å². The van der Waals surface area contributed by atoms with E-state index in [1.54, 1.807) is 0 Å². The topological polar surface area (TPSA) is 63.5 Å². The first-order valence-electron chi connectivity index (χ1n) is 11.7. The zero-order chi connectivity index (χ0) is 25.1. The van der Waals surface area contributed by atoms with Crippen molar-refractivity contribution in [2.24, 2.45) is 5.41 Å². The molecule has 2 heterocycles. The zero-order valence-corrected chi connectivity index (χ0v) is 20.5. The Balaban J connectivity index is 1.68. The smallest absolute Gasteiger partial charge is 0.416 e. The first-order chi connectivity index (χ1) is 15.7. The fourth-order valence-corrected chi connectivity index (χ4v) is 4.30. The number of nitrogens with zero attached hydrogens (tertiary/aromatic N) is 3. The van der Waals surface area contributed by atoms with E-state index in [0.717, 1.165) is 42.5 Å². The normalized spacial score (nSPS) is 19.1. The highest BCUT2D eigenvalue weighted by Gasteiger charge is 2.47. The molecule has 2 atom stereocenters. The van der Waals surface area contributed by atoms with Gasteiger partial charge in [0.05, 0.1) is 17.8 Å². The third-order valence-corrected chi connectivity index (χ3v) is 6.86. The minimum Gasteiger partial charge on any atom is -0.505 e. The summed E-state index contributed by atoms with van der Waals surface area (Å²) in [4.78, 5) is 1.23. The standard InChI is InChI=1S/C26H32F3N3O2/c1-7-25(5,6)23-21(34-23)11-8-15-12-17(24(2,3)4)22(33)20(13-15)32-30-18-10-9-16(26(27,28)29)14-19(18)31-32/h9-10,12-14,21,23,33H,7-8,11H2,1-6H3. The van der Waals surface area contributed by atoms with E-state index < -0.39 is 11.7 Å². The van der Waals surface area contributed by atoms with Gasteiger partial charge in [0.1, 0.15) is 22.5 Å². The van der Waals surface area contributed by atoms with E-state index in [4.69, 9.17) is 4.74 Å². The number of ether oxygens (including phenoxy) is 1. The van der Waals surface area contributed by atoms with Crippen molar-refractivity contribution in [3.05, 3.63) is 47.0 Å². The van der Waals surface area contributed by atoms with Crippen molar-refractivity contribution in [1.82, 2.24) is 15.0 Å². The third kappa shape index (κ3) is 4.78. The molecule has 2 aromatic carbocycles. The first-order valence-corrected chi connectivity index (χ1v) is 11.7. The molecule has 0 spiro atoms. The summed E-state index contributed by atoms with van der Waals surface area (Å²) in [6.45, 7) is 12.6. The van der Waals surface area contributed by atoms with Crippen LogP contribution >= 0.6 is 0 Å². The van der Waals surface area contributed by atoms with Crippen LogP contribution in [0.4, 0.5) is 13.2 Å². The summed E-state index contributed by atoms with van der Waals surface area (Å²) < 4.78 is 45.3. The summed E-state index contributed by atoms with van der Waals surface area (Å²) in [6, 6.07) is 7.07. The summed E-state index contributed by atoms with van der Waals surface area (Å²) >= 11 is 0. The largest absolute Gasteiger partial charge is 0.505 e. The van der Waals surface area contributed by atoms with E-state index in [9.17, 15) is 18.3 Å². The molecule has 34 heavy (non-hydrogen) atoms. The molecular weight excluding hydrogens is 443 g/mol. The second-order valence-electron chi connectivity index (χ2n) is 10.9. The Morgan fingerprint density at radius 3 is 2.29 bits per heavy atom. The average Bonchev–Trinajstić information content (AvgIpc) is 3.41. The van der Waals surface area contributed by atoms with Crippen LogP contribution in [0.25, 0.3) is 16.7 Å². The van der Waals surface area contributed by atoms with Crippen molar-refractivity contribution in [3.8, 4) is 11.4 Å². The maximum absolute atomic E-state index is 13.1. The van der Waals surface area contributed by atoms with Gasteiger partial charge in [-0.3, -0.25) is 0 Å². The van der Waals surface area contributed by atoms with Gasteiger partial charge >= 0.3 is 6.18 Å². The Kier molecular flexibility index (Phi) is 5.95. The van der Waals surface area contributed by atoms with Crippen molar-refractivity contribution in [2.75, 3.05) is 0 Å². The lowest BCUT2D eigenvalue weighted by Crippen LogP contribution is -2.20. The predicted molar refractivity (Wildman–Crippen MR) is 125 cm³/mol. The lowest BCUT2D eigenvalue weighted by molar-refractivity contribution is -0.137. The number of halogens is 3. The number of aromatic nitrogens is 3. The second-order valence-corrected chi connectivity index (χ2v) is 10.9. The second kappa shape index (κ2) is 8.26. The molecule has 1 aromatic heterocycles. The number of epoxide rings is 1. The van der Waals surface area contributed by atoms with Crippen LogP contribution in [-0.2, 0) is 22.7 Å². The average molecular weight is 476 g/mol. The number of fused-ring (bicyclic) bond motifs is 1. The number of hydrogen-bond acceptors (Lipinski definition) is 4. The number of phenols is 1. The molecule has 1 N–H and O–H groups in total. The first kappa shape index (κ1) is 24.5. The number of hydrogen-bond donors (Lipinski definition) is 1. The van der Waals surface area contributed by atoms with Gasteiger partial charge in [-0.25, -0.2) is 0 Å². The number of benzene rings is 2. The molecular formula is C26H32F3N3O2. The number of rotatable bonds is 6. The van der Waals surface area contributed by atoms with Crippen molar-refractivity contribution in [2.45, 2.75) is 84.6 Å². The lowest BCUT2D eigenvalue weighted by Gasteiger charge is -2.23. The van der Waals surface area contributed by atoms with Gasteiger partial charge in [0.25, 0.3) is 0 Å². The molecule has 0 aliphatic carbocycles. The van der Waals surface area contributed by atoms with Gasteiger partial charge in [0.15, 0.2) is 0 Å². The fraction of sp³-hybridized carbons (Fsp3) is 0.538. The molecule has 0 saturated carbocycles. The van der Waals surface area contributed by atoms with Crippen molar-refractivity contribution in [3.63, 3.8) is 0 Å². The highest BCUT2D eigenvalue weighted by molar-refractivity contribution is 5.75. The number of aryl methyl sites for hydroxylation is 1. The van der Waals surface area contributed by atoms with E-state index in [2.05, 4.69) is 31.0 Å². The molecule has 2 unspecified atom stereocenters. The van der Waals surface area contributed by atoms with Crippen LogP contribution in [0.5, 0.6) is 5.75 Å². The van der Waals surface area contributed by atoms with Crippen molar-refractivity contribution in [1.29, 1.82) is 0 Å². The van der Waals surface area contributed by atoms with Crippen LogP contribution in [0.15, 0.2) is 30.3 Å². The van der Waals surface area contributed by atoms with Gasteiger partial charge in [0, 0.05) is 5.56 Å². The predicted octanol–water partition coefficient (Wildman–Crippen LogP) is 6.58. The number of aromatic hydroxyl groups is 1. The molecule has 3 aromatic rings. The maximum atomic E-state index is 13.1. The van der Waals surface area contributed by atoms with E-state index in [0.29, 0.717) is 11.2 Å². The highest BCUT2D eigenvalue weighted by atomic mass is 19.4. The van der Waals surface area contributed by atoms with Gasteiger partial charge in [-0.1, -0.05) is 47.6 Å². The zero-order valence-electron chi connectivity index (χ0n) is 20.5. The minimum atomic E-state index is -4.46. The summed E-state index contributed by atoms with van der Waals surface area (Å²) in [6.07, 6.45) is -1.37. The molecule has 5 nitrogen and oxygen atoms in total. The summed E-state index contributed by atoms with van der Waals surface area (Å²) in [7, 11) is 0. The van der Waals surface area contributed by atoms with E-state index in [1.807, 2.05) is 32.9 Å². The highest BCUT2D eigenvalue weighted by Crippen LogP contribution is 2.43. The van der Waals surface area contributed by atoms with Gasteiger partial charge in [-0.05, 0) is 59.9 Å². The van der Waals surface area contributed by atoms with Crippen LogP contribution in [0.3, 0.4) is 0 Å². The lowest BCUT2D eigenvalue weighted by atomic mass is 9.83. The van der Waals surface area contributed by atoms with Crippen LogP contribution in [0, 0.1) is 5.41 Å². The SMILES string of the molecule is CCC(C)(C)C1OC1CCc1cc(-n2nc3ccc(C(F)(F)F)cc3n2)c(O)c(C(C)(C)C)c1. The van der Waals surface area contributed by atoms with Gasteiger partial charge in [0.2, 0.25) is 0 Å². The molecule has 1 aliphatic heterocycles. The minimum absolute atomic E-state index is 0.0280. The molecule has 8 heteroatoms. The van der Waals surface area contributed by atoms with Crippen LogP contribution in [-0.4, -0.2) is 32.3 Å². The van der Waals surface area contributed by atoms with Crippen molar-refractivity contribution < 1.29 is 23.0 Å². The Morgan fingerprint density at radius 1 is 1.00 bits per heavy atom. The molecule has 1 fully saturated rings. The Hall–Kier alpha value is -2.61. The molecule has 0 radical (unpaired) electrons. The summed E-state index contributed by atoms with van der Waals surface area (Å²) in [5, 5.41) is 19.7. The molecule has 1 aliphatic rings. The van der Waals surface area contributed by atoms with Crippen LogP contribution < -0.4 is 0 Å². The Labute approximate surface area is 197 Å². The van der Waals surface area contributed by atoms with Gasteiger partial charge in [-0.15, -0.1) is 15.0 Å². The van der Waals surface area contributed by atoms with Gasteiger partial charge in [-0.2, -0.15) is 13.2 Å². The van der Waals surface area contributed by atoms with Gasteiger partial charge < -0.3 is 9.84 Å². The summed E-state index contributed by atoms with van der Waals surface area (Å²) in [5.74, 6) is 0.0280. The van der Waals surface area contributed by atoms with Crippen LogP contribution in [0.1, 0.15) is 71.1 Å².